The van der Waals surface area contributed by atoms with Crippen molar-refractivity contribution < 1.29 is 14.7 Å². The molecule has 2 fully saturated rings. The molecule has 114 valence electrons. The van der Waals surface area contributed by atoms with Gasteiger partial charge in [0.25, 0.3) is 0 Å². The predicted octanol–water partition coefficient (Wildman–Crippen LogP) is 0.0397. The first-order chi connectivity index (χ1) is 9.56. The van der Waals surface area contributed by atoms with Gasteiger partial charge in [-0.15, -0.1) is 0 Å². The van der Waals surface area contributed by atoms with Crippen LogP contribution < -0.4 is 10.6 Å². The van der Waals surface area contributed by atoms with Crippen molar-refractivity contribution in [2.24, 2.45) is 5.92 Å². The van der Waals surface area contributed by atoms with Crippen LogP contribution in [0.5, 0.6) is 0 Å². The fourth-order valence-electron chi connectivity index (χ4n) is 3.04. The highest BCUT2D eigenvalue weighted by Crippen LogP contribution is 2.23. The molecule has 1 saturated carbocycles. The van der Waals surface area contributed by atoms with Crippen LogP contribution in [0.3, 0.4) is 0 Å². The second-order valence-corrected chi connectivity index (χ2v) is 6.05. The van der Waals surface area contributed by atoms with Crippen LogP contribution >= 0.6 is 0 Å². The number of carbonyl (C=O) groups excluding carboxylic acids is 1. The van der Waals surface area contributed by atoms with Crippen molar-refractivity contribution in [1.82, 2.24) is 15.5 Å². The summed E-state index contributed by atoms with van der Waals surface area (Å²) >= 11 is 0. The van der Waals surface area contributed by atoms with Gasteiger partial charge >= 0.3 is 5.97 Å². The van der Waals surface area contributed by atoms with Gasteiger partial charge in [0, 0.05) is 25.7 Å². The molecule has 1 aliphatic heterocycles. The monoisotopic (exact) mass is 283 g/mol. The van der Waals surface area contributed by atoms with Crippen molar-refractivity contribution in [3.05, 3.63) is 0 Å². The molecule has 1 aliphatic carbocycles. The van der Waals surface area contributed by atoms with Crippen LogP contribution in [0.25, 0.3) is 0 Å². The zero-order valence-corrected chi connectivity index (χ0v) is 12.1. The number of nitrogens with one attached hydrogen (secondary N) is 2. The molecular formula is C14H25N3O3. The van der Waals surface area contributed by atoms with Crippen LogP contribution in [0, 0.1) is 5.92 Å². The Labute approximate surface area is 119 Å². The van der Waals surface area contributed by atoms with Crippen LogP contribution in [-0.2, 0) is 9.59 Å². The van der Waals surface area contributed by atoms with E-state index in [4.69, 9.17) is 5.11 Å². The standard InChI is InChI=1S/C14H25N3O3/c1-10-2-4-11(5-3-10)16-13(18)9-17-7-6-15-8-12(17)14(19)20/h10-12,15H,2-9H2,1H3,(H,16,18)(H,19,20). The molecule has 20 heavy (non-hydrogen) atoms. The molecule has 1 heterocycles. The summed E-state index contributed by atoms with van der Waals surface area (Å²) in [5, 5.41) is 15.3. The zero-order valence-electron chi connectivity index (χ0n) is 12.1. The minimum Gasteiger partial charge on any atom is -0.480 e. The number of carboxylic acids is 1. The van der Waals surface area contributed by atoms with Crippen molar-refractivity contribution in [3.8, 4) is 0 Å². The summed E-state index contributed by atoms with van der Waals surface area (Å²) in [6.45, 7) is 4.18. The Morgan fingerprint density at radius 3 is 2.65 bits per heavy atom. The quantitative estimate of drug-likeness (QED) is 0.679. The number of rotatable bonds is 4. The van der Waals surface area contributed by atoms with Gasteiger partial charge in [0.1, 0.15) is 6.04 Å². The molecule has 6 nitrogen and oxygen atoms in total. The Morgan fingerprint density at radius 1 is 1.30 bits per heavy atom. The van der Waals surface area contributed by atoms with Crippen molar-refractivity contribution in [1.29, 1.82) is 0 Å². The highest BCUT2D eigenvalue weighted by atomic mass is 16.4. The second-order valence-electron chi connectivity index (χ2n) is 6.05. The molecule has 0 bridgehead atoms. The summed E-state index contributed by atoms with van der Waals surface area (Å²) in [4.78, 5) is 25.0. The lowest BCUT2D eigenvalue weighted by Gasteiger charge is -2.33. The maximum absolute atomic E-state index is 12.1. The van der Waals surface area contributed by atoms with Crippen LogP contribution in [-0.4, -0.2) is 60.1 Å². The van der Waals surface area contributed by atoms with E-state index in [0.717, 1.165) is 38.1 Å². The van der Waals surface area contributed by atoms with Gasteiger partial charge in [0.15, 0.2) is 0 Å². The van der Waals surface area contributed by atoms with Crippen LogP contribution in [0.2, 0.25) is 0 Å². The minimum atomic E-state index is -0.864. The van der Waals surface area contributed by atoms with Crippen molar-refractivity contribution in [2.75, 3.05) is 26.2 Å². The van der Waals surface area contributed by atoms with E-state index >= 15 is 0 Å². The number of nitrogens with zero attached hydrogens (tertiary/aromatic N) is 1. The molecule has 0 spiro atoms. The van der Waals surface area contributed by atoms with Gasteiger partial charge < -0.3 is 15.7 Å². The van der Waals surface area contributed by atoms with E-state index < -0.39 is 12.0 Å². The molecule has 2 rings (SSSR count). The third kappa shape index (κ3) is 4.18. The van der Waals surface area contributed by atoms with Gasteiger partial charge in [0.2, 0.25) is 5.91 Å². The Morgan fingerprint density at radius 2 is 2.00 bits per heavy atom. The molecule has 0 aromatic carbocycles. The maximum Gasteiger partial charge on any atom is 0.322 e. The van der Waals surface area contributed by atoms with E-state index in [0.29, 0.717) is 13.1 Å². The Hall–Kier alpha value is -1.14. The number of hydrogen-bond donors (Lipinski definition) is 3. The predicted molar refractivity (Wildman–Crippen MR) is 75.4 cm³/mol. The molecular weight excluding hydrogens is 258 g/mol. The molecule has 0 aromatic heterocycles. The maximum atomic E-state index is 12.1. The van der Waals surface area contributed by atoms with E-state index in [1.807, 2.05) is 0 Å². The number of carboxylic acid groups (broad SMARTS) is 1. The third-order valence-electron chi connectivity index (χ3n) is 4.37. The van der Waals surface area contributed by atoms with Gasteiger partial charge in [-0.3, -0.25) is 14.5 Å². The van der Waals surface area contributed by atoms with Gasteiger partial charge in [-0.2, -0.15) is 0 Å². The third-order valence-corrected chi connectivity index (χ3v) is 4.37. The van der Waals surface area contributed by atoms with E-state index in [2.05, 4.69) is 17.6 Å². The van der Waals surface area contributed by atoms with E-state index in [1.54, 1.807) is 4.90 Å². The highest BCUT2D eigenvalue weighted by molar-refractivity contribution is 5.80. The lowest BCUT2D eigenvalue weighted by molar-refractivity contribution is -0.144. The molecule has 2 aliphatic rings. The fraction of sp³-hybridized carbons (Fsp3) is 0.857. The molecule has 0 radical (unpaired) electrons. The summed E-state index contributed by atoms with van der Waals surface area (Å²) in [5.41, 5.74) is 0. The highest BCUT2D eigenvalue weighted by Gasteiger charge is 2.30. The topological polar surface area (TPSA) is 81.7 Å². The average Bonchev–Trinajstić information content (AvgIpc) is 2.41. The molecule has 1 atom stereocenters. The number of aliphatic carboxylic acids is 1. The Kier molecular flexibility index (Phi) is 5.37. The largest absolute Gasteiger partial charge is 0.480 e. The number of hydrogen-bond acceptors (Lipinski definition) is 4. The number of piperazine rings is 1. The zero-order chi connectivity index (χ0) is 14.5. The smallest absolute Gasteiger partial charge is 0.322 e. The van der Waals surface area contributed by atoms with E-state index in [1.165, 1.54) is 0 Å². The van der Waals surface area contributed by atoms with Gasteiger partial charge in [-0.25, -0.2) is 0 Å². The van der Waals surface area contributed by atoms with Gasteiger partial charge in [-0.05, 0) is 31.6 Å². The number of carbonyl (C=O) groups is 2. The lowest BCUT2D eigenvalue weighted by Crippen LogP contribution is -2.57. The molecule has 1 amide bonds. The van der Waals surface area contributed by atoms with E-state index in [9.17, 15) is 9.59 Å². The van der Waals surface area contributed by atoms with Crippen LogP contribution in [0.1, 0.15) is 32.6 Å². The molecule has 0 aromatic rings. The first-order valence-corrected chi connectivity index (χ1v) is 7.53. The van der Waals surface area contributed by atoms with Gasteiger partial charge in [-0.1, -0.05) is 6.92 Å². The van der Waals surface area contributed by atoms with E-state index in [-0.39, 0.29) is 18.5 Å². The summed E-state index contributed by atoms with van der Waals surface area (Å²) < 4.78 is 0. The summed E-state index contributed by atoms with van der Waals surface area (Å²) in [7, 11) is 0. The first kappa shape index (κ1) is 15.3. The normalized spacial score (nSPS) is 31.8. The molecule has 1 saturated heterocycles. The summed E-state index contributed by atoms with van der Waals surface area (Å²) in [6, 6.07) is -0.328. The second kappa shape index (κ2) is 7.04. The summed E-state index contributed by atoms with van der Waals surface area (Å²) in [6.07, 6.45) is 4.40. The van der Waals surface area contributed by atoms with Crippen molar-refractivity contribution in [2.45, 2.75) is 44.7 Å². The lowest BCUT2D eigenvalue weighted by atomic mass is 9.87. The fourth-order valence-corrected chi connectivity index (χ4v) is 3.04. The minimum absolute atomic E-state index is 0.0438. The Bertz CT molecular complexity index is 354. The summed E-state index contributed by atoms with van der Waals surface area (Å²) in [5.74, 6) is -0.151. The van der Waals surface area contributed by atoms with Crippen molar-refractivity contribution in [3.63, 3.8) is 0 Å². The van der Waals surface area contributed by atoms with Crippen LogP contribution in [0.15, 0.2) is 0 Å². The Balaban J connectivity index is 1.79. The average molecular weight is 283 g/mol. The molecule has 3 N–H and O–H groups in total. The first-order valence-electron chi connectivity index (χ1n) is 7.53. The molecule has 6 heteroatoms. The SMILES string of the molecule is CC1CCC(NC(=O)CN2CCNCC2C(=O)O)CC1. The van der Waals surface area contributed by atoms with Crippen molar-refractivity contribution >= 4 is 11.9 Å². The number of amides is 1. The molecule has 1 unspecified atom stereocenters. The van der Waals surface area contributed by atoms with Gasteiger partial charge in [0.05, 0.1) is 6.54 Å². The van der Waals surface area contributed by atoms with Crippen LogP contribution in [0.4, 0.5) is 0 Å².